The second-order valence-electron chi connectivity index (χ2n) is 4.58. The molecule has 0 aliphatic heterocycles. The smallest absolute Gasteiger partial charge is 0.195 e. The third-order valence-corrected chi connectivity index (χ3v) is 3.55. The first-order valence-corrected chi connectivity index (χ1v) is 6.77. The molecule has 0 saturated carbocycles. The summed E-state index contributed by atoms with van der Waals surface area (Å²) in [5.74, 6) is 0.763. The highest BCUT2D eigenvalue weighted by atomic mass is 32.1. The molecule has 5 heteroatoms. The number of aromatic amines is 1. The van der Waals surface area contributed by atoms with E-state index in [-0.39, 0.29) is 0 Å². The highest BCUT2D eigenvalue weighted by Crippen LogP contribution is 2.17. The van der Waals surface area contributed by atoms with Crippen LogP contribution in [0.1, 0.15) is 11.1 Å². The van der Waals surface area contributed by atoms with Crippen LogP contribution in [0.15, 0.2) is 48.7 Å². The van der Waals surface area contributed by atoms with Gasteiger partial charge in [0.1, 0.15) is 5.69 Å². The number of nitrogens with one attached hydrogen (secondary N) is 1. The summed E-state index contributed by atoms with van der Waals surface area (Å²) in [6, 6.07) is 14.0. The summed E-state index contributed by atoms with van der Waals surface area (Å²) in [5, 5.41) is 7.15. The molecule has 0 atom stereocenters. The predicted octanol–water partition coefficient (Wildman–Crippen LogP) is 3.36. The van der Waals surface area contributed by atoms with E-state index >= 15 is 0 Å². The van der Waals surface area contributed by atoms with Crippen molar-refractivity contribution in [1.82, 2.24) is 19.7 Å². The summed E-state index contributed by atoms with van der Waals surface area (Å²) < 4.78 is 2.58. The summed E-state index contributed by atoms with van der Waals surface area (Å²) in [6.45, 7) is 2.79. The van der Waals surface area contributed by atoms with Gasteiger partial charge in [0.2, 0.25) is 0 Å². The Labute approximate surface area is 122 Å². The van der Waals surface area contributed by atoms with E-state index in [1.54, 1.807) is 6.20 Å². The molecule has 20 heavy (non-hydrogen) atoms. The van der Waals surface area contributed by atoms with E-state index in [4.69, 9.17) is 12.2 Å². The van der Waals surface area contributed by atoms with Crippen LogP contribution in [0.3, 0.4) is 0 Å². The van der Waals surface area contributed by atoms with E-state index in [2.05, 4.69) is 34.2 Å². The molecule has 0 amide bonds. The van der Waals surface area contributed by atoms with Crippen LogP contribution >= 0.6 is 12.2 Å². The van der Waals surface area contributed by atoms with Crippen molar-refractivity contribution in [2.75, 3.05) is 0 Å². The van der Waals surface area contributed by atoms with Gasteiger partial charge in [-0.1, -0.05) is 30.3 Å². The minimum Gasteiger partial charge on any atom is -0.294 e. The highest BCUT2D eigenvalue weighted by molar-refractivity contribution is 7.71. The molecule has 1 aromatic carbocycles. The number of nitrogens with zero attached hydrogens (tertiary/aromatic N) is 3. The molecule has 100 valence electrons. The molecule has 0 aliphatic rings. The van der Waals surface area contributed by atoms with Gasteiger partial charge in [-0.3, -0.25) is 14.6 Å². The average Bonchev–Trinajstić information content (AvgIpc) is 2.84. The predicted molar refractivity (Wildman–Crippen MR) is 80.9 cm³/mol. The van der Waals surface area contributed by atoms with Crippen molar-refractivity contribution in [3.05, 3.63) is 64.6 Å². The number of benzene rings is 1. The van der Waals surface area contributed by atoms with Crippen LogP contribution in [0.4, 0.5) is 0 Å². The Kier molecular flexibility index (Phi) is 3.43. The monoisotopic (exact) mass is 282 g/mol. The van der Waals surface area contributed by atoms with Crippen molar-refractivity contribution in [2.24, 2.45) is 0 Å². The van der Waals surface area contributed by atoms with Crippen LogP contribution in [0.5, 0.6) is 0 Å². The van der Waals surface area contributed by atoms with E-state index in [0.29, 0.717) is 11.3 Å². The van der Waals surface area contributed by atoms with Gasteiger partial charge in [-0.2, -0.15) is 5.10 Å². The summed E-state index contributed by atoms with van der Waals surface area (Å²) in [5.41, 5.74) is 3.28. The molecule has 0 bridgehead atoms. The zero-order chi connectivity index (χ0) is 13.9. The van der Waals surface area contributed by atoms with Gasteiger partial charge >= 0.3 is 0 Å². The number of pyridine rings is 1. The number of aromatic nitrogens is 4. The van der Waals surface area contributed by atoms with Crippen molar-refractivity contribution >= 4 is 12.2 Å². The zero-order valence-corrected chi connectivity index (χ0v) is 11.9. The standard InChI is InChI=1S/C15H14N4S/c1-11-6-2-3-7-12(11)10-19-14(17-18-15(19)20)13-8-4-5-9-16-13/h2-9H,10H2,1H3,(H,18,20). The van der Waals surface area contributed by atoms with Crippen LogP contribution in [-0.4, -0.2) is 19.7 Å². The fourth-order valence-corrected chi connectivity index (χ4v) is 2.31. The first-order valence-electron chi connectivity index (χ1n) is 6.37. The quantitative estimate of drug-likeness (QED) is 0.749. The van der Waals surface area contributed by atoms with Crippen molar-refractivity contribution in [2.45, 2.75) is 13.5 Å². The van der Waals surface area contributed by atoms with E-state index in [1.165, 1.54) is 11.1 Å². The molecule has 0 radical (unpaired) electrons. The number of aryl methyl sites for hydroxylation is 1. The van der Waals surface area contributed by atoms with Gasteiger partial charge in [0, 0.05) is 6.20 Å². The highest BCUT2D eigenvalue weighted by Gasteiger charge is 2.10. The van der Waals surface area contributed by atoms with Crippen molar-refractivity contribution in [1.29, 1.82) is 0 Å². The third-order valence-electron chi connectivity index (χ3n) is 3.24. The fraction of sp³-hybridized carbons (Fsp3) is 0.133. The molecule has 0 aliphatic carbocycles. The molecule has 3 rings (SSSR count). The number of H-pyrrole nitrogens is 1. The molecule has 1 N–H and O–H groups in total. The first-order chi connectivity index (χ1) is 9.75. The van der Waals surface area contributed by atoms with Crippen molar-refractivity contribution < 1.29 is 0 Å². The Morgan fingerprint density at radius 2 is 1.95 bits per heavy atom. The third kappa shape index (κ3) is 2.40. The maximum atomic E-state index is 5.33. The molecule has 2 aromatic heterocycles. The summed E-state index contributed by atoms with van der Waals surface area (Å²) >= 11 is 5.33. The van der Waals surface area contributed by atoms with Crippen LogP contribution in [0, 0.1) is 11.7 Å². The Morgan fingerprint density at radius 1 is 1.15 bits per heavy atom. The van der Waals surface area contributed by atoms with E-state index in [9.17, 15) is 0 Å². The van der Waals surface area contributed by atoms with Crippen LogP contribution in [-0.2, 0) is 6.54 Å². The molecule has 0 saturated heterocycles. The van der Waals surface area contributed by atoms with E-state index < -0.39 is 0 Å². The van der Waals surface area contributed by atoms with Crippen LogP contribution < -0.4 is 0 Å². The zero-order valence-electron chi connectivity index (χ0n) is 11.1. The average molecular weight is 282 g/mol. The lowest BCUT2D eigenvalue weighted by molar-refractivity contribution is 0.783. The molecular weight excluding hydrogens is 268 g/mol. The van der Waals surface area contributed by atoms with Gasteiger partial charge in [0.05, 0.1) is 6.54 Å². The molecule has 4 nitrogen and oxygen atoms in total. The van der Waals surface area contributed by atoms with E-state index in [1.807, 2.05) is 34.9 Å². The molecule has 0 spiro atoms. The van der Waals surface area contributed by atoms with Gasteiger partial charge in [0.15, 0.2) is 10.6 Å². The second-order valence-corrected chi connectivity index (χ2v) is 4.97. The Hall–Kier alpha value is -2.27. The summed E-state index contributed by atoms with van der Waals surface area (Å²) in [6.07, 6.45) is 1.76. The Balaban J connectivity index is 2.05. The topological polar surface area (TPSA) is 46.5 Å². The lowest BCUT2D eigenvalue weighted by Crippen LogP contribution is -2.04. The fourth-order valence-electron chi connectivity index (χ4n) is 2.11. The Morgan fingerprint density at radius 3 is 2.70 bits per heavy atom. The molecule has 2 heterocycles. The summed E-state index contributed by atoms with van der Waals surface area (Å²) in [4.78, 5) is 4.34. The molecular formula is C15H14N4S. The van der Waals surface area contributed by atoms with Crippen LogP contribution in [0.2, 0.25) is 0 Å². The molecule has 3 aromatic rings. The first kappa shape index (κ1) is 12.7. The molecule has 0 unspecified atom stereocenters. The van der Waals surface area contributed by atoms with Crippen molar-refractivity contribution in [3.8, 4) is 11.5 Å². The van der Waals surface area contributed by atoms with Gasteiger partial charge in [0.25, 0.3) is 0 Å². The van der Waals surface area contributed by atoms with Gasteiger partial charge in [-0.15, -0.1) is 0 Å². The lowest BCUT2D eigenvalue weighted by atomic mass is 10.1. The maximum Gasteiger partial charge on any atom is 0.195 e. The SMILES string of the molecule is Cc1ccccc1Cn1c(-c2ccccn2)n[nH]c1=S. The maximum absolute atomic E-state index is 5.33. The minimum absolute atomic E-state index is 0.605. The van der Waals surface area contributed by atoms with Crippen LogP contribution in [0.25, 0.3) is 11.5 Å². The normalized spacial score (nSPS) is 10.7. The van der Waals surface area contributed by atoms with Crippen molar-refractivity contribution in [3.63, 3.8) is 0 Å². The molecule has 0 fully saturated rings. The van der Waals surface area contributed by atoms with Gasteiger partial charge < -0.3 is 0 Å². The number of hydrogen-bond donors (Lipinski definition) is 1. The minimum atomic E-state index is 0.605. The second kappa shape index (κ2) is 5.38. The number of rotatable bonds is 3. The van der Waals surface area contributed by atoms with Gasteiger partial charge in [-0.25, -0.2) is 0 Å². The largest absolute Gasteiger partial charge is 0.294 e. The lowest BCUT2D eigenvalue weighted by Gasteiger charge is -2.08. The summed E-state index contributed by atoms with van der Waals surface area (Å²) in [7, 11) is 0. The Bertz CT molecular complexity index is 774. The van der Waals surface area contributed by atoms with E-state index in [0.717, 1.165) is 11.5 Å². The number of hydrogen-bond acceptors (Lipinski definition) is 3. The van der Waals surface area contributed by atoms with Gasteiger partial charge in [-0.05, 0) is 42.4 Å².